The summed E-state index contributed by atoms with van der Waals surface area (Å²) in [4.78, 5) is 14.9. The summed E-state index contributed by atoms with van der Waals surface area (Å²) in [6.45, 7) is 8.93. The molecule has 146 valence electrons. The Morgan fingerprint density at radius 2 is 1.78 bits per heavy atom. The van der Waals surface area contributed by atoms with Crippen LogP contribution in [0.15, 0.2) is 48.5 Å². The molecule has 0 bridgehead atoms. The van der Waals surface area contributed by atoms with Gasteiger partial charge in [-0.3, -0.25) is 9.69 Å². The van der Waals surface area contributed by atoms with Crippen molar-refractivity contribution < 1.29 is 9.53 Å². The van der Waals surface area contributed by atoms with Crippen molar-refractivity contribution in [2.45, 2.75) is 39.7 Å². The predicted octanol–water partition coefficient (Wildman–Crippen LogP) is 3.62. The highest BCUT2D eigenvalue weighted by molar-refractivity contribution is 5.78. The van der Waals surface area contributed by atoms with Gasteiger partial charge in [0.1, 0.15) is 5.75 Å². The van der Waals surface area contributed by atoms with Crippen LogP contribution in [0.4, 0.5) is 0 Å². The van der Waals surface area contributed by atoms with Crippen molar-refractivity contribution in [1.82, 2.24) is 10.2 Å². The summed E-state index contributed by atoms with van der Waals surface area (Å²) < 4.78 is 5.35. The van der Waals surface area contributed by atoms with Crippen LogP contribution in [0.5, 0.6) is 5.75 Å². The van der Waals surface area contributed by atoms with Crippen LogP contribution in [-0.4, -0.2) is 43.6 Å². The first-order chi connectivity index (χ1) is 13.1. The quantitative estimate of drug-likeness (QED) is 0.696. The highest BCUT2D eigenvalue weighted by Gasteiger charge is 2.17. The molecule has 0 aliphatic heterocycles. The second kappa shape index (κ2) is 10.7. The topological polar surface area (TPSA) is 41.6 Å². The van der Waals surface area contributed by atoms with Crippen LogP contribution in [0.25, 0.3) is 0 Å². The molecule has 0 aliphatic rings. The molecular weight excluding hydrogens is 336 g/mol. The third-order valence-electron chi connectivity index (χ3n) is 5.01. The van der Waals surface area contributed by atoms with Crippen molar-refractivity contribution in [3.05, 3.63) is 65.2 Å². The molecule has 0 radical (unpaired) electrons. The summed E-state index contributed by atoms with van der Waals surface area (Å²) in [6, 6.07) is 16.7. The van der Waals surface area contributed by atoms with Gasteiger partial charge in [0.2, 0.25) is 5.91 Å². The molecule has 0 aliphatic carbocycles. The number of nitrogens with one attached hydrogen (secondary N) is 1. The average Bonchev–Trinajstić information content (AvgIpc) is 2.69. The number of aryl methyl sites for hydroxylation is 1. The molecular formula is C23H32N2O2. The van der Waals surface area contributed by atoms with E-state index >= 15 is 0 Å². The summed E-state index contributed by atoms with van der Waals surface area (Å²) in [7, 11) is 1.66. The lowest BCUT2D eigenvalue weighted by Gasteiger charge is -2.30. The van der Waals surface area contributed by atoms with Crippen molar-refractivity contribution >= 4 is 5.91 Å². The third-order valence-corrected chi connectivity index (χ3v) is 5.01. The Bertz CT molecular complexity index is 712. The van der Waals surface area contributed by atoms with E-state index in [1.165, 1.54) is 5.56 Å². The second-order valence-electron chi connectivity index (χ2n) is 6.85. The first-order valence-corrected chi connectivity index (χ1v) is 9.75. The lowest BCUT2D eigenvalue weighted by atomic mass is 10.0. The number of nitrogens with zero attached hydrogens (tertiary/aromatic N) is 1. The SMILES string of the molecule is CCN(CC)C(CNC(=O)Cc1ccc(C)c(OC)c1)Cc1ccccc1. The summed E-state index contributed by atoms with van der Waals surface area (Å²) in [5.74, 6) is 0.872. The molecule has 2 aromatic rings. The summed E-state index contributed by atoms with van der Waals surface area (Å²) >= 11 is 0. The number of carbonyl (C=O) groups is 1. The Labute approximate surface area is 163 Å². The first-order valence-electron chi connectivity index (χ1n) is 9.75. The maximum atomic E-state index is 12.5. The van der Waals surface area contributed by atoms with Crippen LogP contribution in [0.1, 0.15) is 30.5 Å². The molecule has 0 saturated carbocycles. The molecule has 0 spiro atoms. The molecule has 1 unspecified atom stereocenters. The van der Waals surface area contributed by atoms with Gasteiger partial charge in [-0.1, -0.05) is 56.3 Å². The smallest absolute Gasteiger partial charge is 0.224 e. The van der Waals surface area contributed by atoms with Gasteiger partial charge in [-0.05, 0) is 49.2 Å². The van der Waals surface area contributed by atoms with E-state index in [-0.39, 0.29) is 5.91 Å². The van der Waals surface area contributed by atoms with Crippen LogP contribution in [0.3, 0.4) is 0 Å². The molecule has 2 aromatic carbocycles. The largest absolute Gasteiger partial charge is 0.496 e. The van der Waals surface area contributed by atoms with Gasteiger partial charge in [0.25, 0.3) is 0 Å². The van der Waals surface area contributed by atoms with Gasteiger partial charge in [0.15, 0.2) is 0 Å². The van der Waals surface area contributed by atoms with Crippen LogP contribution in [0.2, 0.25) is 0 Å². The van der Waals surface area contributed by atoms with Gasteiger partial charge in [-0.25, -0.2) is 0 Å². The Kier molecular flexibility index (Phi) is 8.34. The van der Waals surface area contributed by atoms with Gasteiger partial charge < -0.3 is 10.1 Å². The van der Waals surface area contributed by atoms with Crippen molar-refractivity contribution in [2.75, 3.05) is 26.7 Å². The normalized spacial score (nSPS) is 12.0. The van der Waals surface area contributed by atoms with Crippen LogP contribution in [0, 0.1) is 6.92 Å². The van der Waals surface area contributed by atoms with E-state index in [1.807, 2.05) is 31.2 Å². The number of carbonyl (C=O) groups excluding carboxylic acids is 1. The summed E-state index contributed by atoms with van der Waals surface area (Å²) in [5.41, 5.74) is 3.34. The van der Waals surface area contributed by atoms with Crippen LogP contribution in [-0.2, 0) is 17.6 Å². The minimum Gasteiger partial charge on any atom is -0.496 e. The van der Waals surface area contributed by atoms with Gasteiger partial charge in [0.05, 0.1) is 13.5 Å². The number of methoxy groups -OCH3 is 1. The molecule has 0 heterocycles. The maximum Gasteiger partial charge on any atom is 0.224 e. The van der Waals surface area contributed by atoms with Gasteiger partial charge >= 0.3 is 0 Å². The van der Waals surface area contributed by atoms with Crippen LogP contribution >= 0.6 is 0 Å². The molecule has 1 N–H and O–H groups in total. The molecule has 0 aromatic heterocycles. The van der Waals surface area contributed by atoms with E-state index in [1.54, 1.807) is 7.11 Å². The third kappa shape index (κ3) is 6.40. The van der Waals surface area contributed by atoms with E-state index in [9.17, 15) is 4.79 Å². The van der Waals surface area contributed by atoms with Gasteiger partial charge in [-0.2, -0.15) is 0 Å². The Balaban J connectivity index is 1.97. The average molecular weight is 369 g/mol. The maximum absolute atomic E-state index is 12.5. The monoisotopic (exact) mass is 368 g/mol. The highest BCUT2D eigenvalue weighted by atomic mass is 16.5. The Morgan fingerprint density at radius 3 is 2.41 bits per heavy atom. The van der Waals surface area contributed by atoms with E-state index < -0.39 is 0 Å². The molecule has 2 rings (SSSR count). The predicted molar refractivity (Wildman–Crippen MR) is 111 cm³/mol. The number of hydrogen-bond acceptors (Lipinski definition) is 3. The lowest BCUT2D eigenvalue weighted by molar-refractivity contribution is -0.120. The van der Waals surface area contributed by atoms with Crippen molar-refractivity contribution in [2.24, 2.45) is 0 Å². The van der Waals surface area contributed by atoms with Crippen molar-refractivity contribution in [3.63, 3.8) is 0 Å². The zero-order valence-electron chi connectivity index (χ0n) is 17.0. The number of rotatable bonds is 10. The fourth-order valence-corrected chi connectivity index (χ4v) is 3.41. The van der Waals surface area contributed by atoms with Gasteiger partial charge in [-0.15, -0.1) is 0 Å². The molecule has 0 saturated heterocycles. The minimum atomic E-state index is 0.0473. The summed E-state index contributed by atoms with van der Waals surface area (Å²) in [5, 5.41) is 3.13. The highest BCUT2D eigenvalue weighted by Crippen LogP contribution is 2.19. The standard InChI is InChI=1S/C23H32N2O2/c1-5-25(6-2)21(14-19-10-8-7-9-11-19)17-24-23(26)16-20-13-12-18(3)22(15-20)27-4/h7-13,15,21H,5-6,14,16-17H2,1-4H3,(H,24,26). The molecule has 0 fully saturated rings. The molecule has 1 atom stereocenters. The zero-order valence-corrected chi connectivity index (χ0v) is 17.0. The van der Waals surface area contributed by atoms with Crippen molar-refractivity contribution in [1.29, 1.82) is 0 Å². The lowest BCUT2D eigenvalue weighted by Crippen LogP contribution is -2.45. The number of benzene rings is 2. The van der Waals surface area contributed by atoms with E-state index in [2.05, 4.69) is 48.3 Å². The van der Waals surface area contributed by atoms with E-state index in [4.69, 9.17) is 4.74 Å². The van der Waals surface area contributed by atoms with E-state index in [0.29, 0.717) is 19.0 Å². The number of ether oxygens (including phenoxy) is 1. The molecule has 1 amide bonds. The number of hydrogen-bond donors (Lipinski definition) is 1. The van der Waals surface area contributed by atoms with Crippen LogP contribution < -0.4 is 10.1 Å². The number of likely N-dealkylation sites (N-methyl/N-ethyl adjacent to an activating group) is 1. The number of amides is 1. The minimum absolute atomic E-state index is 0.0473. The molecule has 27 heavy (non-hydrogen) atoms. The zero-order chi connectivity index (χ0) is 19.6. The van der Waals surface area contributed by atoms with Gasteiger partial charge in [0, 0.05) is 12.6 Å². The molecule has 4 nitrogen and oxygen atoms in total. The second-order valence-corrected chi connectivity index (χ2v) is 6.85. The fraction of sp³-hybridized carbons (Fsp3) is 0.435. The summed E-state index contributed by atoms with van der Waals surface area (Å²) in [6.07, 6.45) is 1.30. The molecule has 4 heteroatoms. The van der Waals surface area contributed by atoms with E-state index in [0.717, 1.165) is 36.4 Å². The fourth-order valence-electron chi connectivity index (χ4n) is 3.41. The van der Waals surface area contributed by atoms with Crippen molar-refractivity contribution in [3.8, 4) is 5.75 Å². The Morgan fingerprint density at radius 1 is 1.07 bits per heavy atom. The first kappa shape index (κ1) is 21.0. The Hall–Kier alpha value is -2.33.